The molecule has 196 valence electrons. The van der Waals surface area contributed by atoms with E-state index in [1.54, 1.807) is 30.5 Å². The monoisotopic (exact) mass is 534 g/mol. The Morgan fingerprint density at radius 2 is 1.38 bits per heavy atom. The highest BCUT2D eigenvalue weighted by Gasteiger charge is 2.30. The molecular formula is C32H21F3N4O. The Hall–Kier alpha value is -5.11. The third kappa shape index (κ3) is 4.99. The first-order valence-corrected chi connectivity index (χ1v) is 12.5. The summed E-state index contributed by atoms with van der Waals surface area (Å²) in [6.45, 7) is 0.185. The van der Waals surface area contributed by atoms with Crippen molar-refractivity contribution >= 4 is 28.0 Å². The Balaban J connectivity index is 1.29. The molecule has 0 fully saturated rings. The van der Waals surface area contributed by atoms with Gasteiger partial charge in [0.25, 0.3) is 5.56 Å². The van der Waals surface area contributed by atoms with Gasteiger partial charge in [-0.1, -0.05) is 72.8 Å². The second kappa shape index (κ2) is 10.2. The van der Waals surface area contributed by atoms with E-state index in [0.717, 1.165) is 40.0 Å². The van der Waals surface area contributed by atoms with E-state index in [9.17, 15) is 18.0 Å². The van der Waals surface area contributed by atoms with Gasteiger partial charge in [0.15, 0.2) is 0 Å². The fourth-order valence-corrected chi connectivity index (χ4v) is 4.52. The number of alkyl halides is 3. The van der Waals surface area contributed by atoms with Gasteiger partial charge in [-0.05, 0) is 42.0 Å². The highest BCUT2D eigenvalue weighted by molar-refractivity contribution is 5.80. The minimum atomic E-state index is -4.45. The summed E-state index contributed by atoms with van der Waals surface area (Å²) in [5, 5.41) is 0.437. The van der Waals surface area contributed by atoms with Gasteiger partial charge in [-0.2, -0.15) is 13.2 Å². The number of para-hydroxylation sites is 3. The zero-order chi connectivity index (χ0) is 27.7. The number of fused-ring (bicyclic) bond motifs is 2. The molecule has 0 bridgehead atoms. The Morgan fingerprint density at radius 3 is 2.10 bits per heavy atom. The molecule has 4 aromatic carbocycles. The molecule has 0 spiro atoms. The summed E-state index contributed by atoms with van der Waals surface area (Å²) in [5.41, 5.74) is 4.14. The summed E-state index contributed by atoms with van der Waals surface area (Å²) in [5.74, 6) is 0.298. The molecule has 0 atom stereocenters. The third-order valence-corrected chi connectivity index (χ3v) is 6.59. The minimum absolute atomic E-state index is 0.185. The minimum Gasteiger partial charge on any atom is -0.288 e. The summed E-state index contributed by atoms with van der Waals surface area (Å²) in [6, 6.07) is 27.1. The van der Waals surface area contributed by atoms with Gasteiger partial charge in [-0.15, -0.1) is 0 Å². The number of hydrogen-bond acceptors (Lipinski definition) is 4. The summed E-state index contributed by atoms with van der Waals surface area (Å²) in [4.78, 5) is 27.2. The van der Waals surface area contributed by atoms with Gasteiger partial charge in [0.1, 0.15) is 5.82 Å². The van der Waals surface area contributed by atoms with Crippen LogP contribution in [0, 0.1) is 0 Å². The maximum absolute atomic E-state index is 13.4. The zero-order valence-corrected chi connectivity index (χ0v) is 21.0. The summed E-state index contributed by atoms with van der Waals surface area (Å²) in [7, 11) is 0. The van der Waals surface area contributed by atoms with Crippen molar-refractivity contribution in [1.29, 1.82) is 0 Å². The zero-order valence-electron chi connectivity index (χ0n) is 21.0. The first kappa shape index (κ1) is 25.2. The maximum atomic E-state index is 13.4. The van der Waals surface area contributed by atoms with E-state index in [0.29, 0.717) is 22.3 Å². The molecule has 40 heavy (non-hydrogen) atoms. The molecule has 5 nitrogen and oxygen atoms in total. The van der Waals surface area contributed by atoms with Crippen LogP contribution in [0.25, 0.3) is 50.7 Å². The predicted octanol–water partition coefficient (Wildman–Crippen LogP) is 7.41. The second-order valence-electron chi connectivity index (χ2n) is 9.21. The number of hydrogen-bond donors (Lipinski definition) is 0. The fraction of sp³-hybridized carbons (Fsp3) is 0.0625. The SMILES string of the molecule is O=c1c2ccccc2nc(-c2ccc(C(F)(F)F)cc2)n1C/C=C/c1ccc(-c2cnc3ccccc3n2)cc1. The van der Waals surface area contributed by atoms with Crippen molar-refractivity contribution in [3.05, 3.63) is 131 Å². The van der Waals surface area contributed by atoms with E-state index in [1.807, 2.05) is 60.7 Å². The van der Waals surface area contributed by atoms with E-state index < -0.39 is 11.7 Å². The van der Waals surface area contributed by atoms with Crippen LogP contribution in [0.1, 0.15) is 11.1 Å². The highest BCUT2D eigenvalue weighted by Crippen LogP contribution is 2.31. The molecule has 6 aromatic rings. The van der Waals surface area contributed by atoms with Crippen LogP contribution in [0.2, 0.25) is 0 Å². The van der Waals surface area contributed by atoms with Gasteiger partial charge in [0, 0.05) is 17.7 Å². The predicted molar refractivity (Wildman–Crippen MR) is 150 cm³/mol. The molecule has 0 radical (unpaired) electrons. The molecule has 2 heterocycles. The lowest BCUT2D eigenvalue weighted by Crippen LogP contribution is -2.23. The van der Waals surface area contributed by atoms with Crippen LogP contribution in [0.3, 0.4) is 0 Å². The van der Waals surface area contributed by atoms with Crippen molar-refractivity contribution in [2.24, 2.45) is 0 Å². The first-order valence-electron chi connectivity index (χ1n) is 12.5. The highest BCUT2D eigenvalue weighted by atomic mass is 19.4. The van der Waals surface area contributed by atoms with E-state index in [4.69, 9.17) is 0 Å². The smallest absolute Gasteiger partial charge is 0.288 e. The summed E-state index contributed by atoms with van der Waals surface area (Å²) in [6.07, 6.45) is 1.01. The van der Waals surface area contributed by atoms with Gasteiger partial charge >= 0.3 is 6.18 Å². The van der Waals surface area contributed by atoms with Gasteiger partial charge < -0.3 is 0 Å². The van der Waals surface area contributed by atoms with Crippen molar-refractivity contribution in [1.82, 2.24) is 19.5 Å². The quantitative estimate of drug-likeness (QED) is 0.231. The second-order valence-corrected chi connectivity index (χ2v) is 9.21. The van der Waals surface area contributed by atoms with Crippen molar-refractivity contribution in [3.8, 4) is 22.6 Å². The molecule has 0 unspecified atom stereocenters. The molecule has 0 saturated heterocycles. The lowest BCUT2D eigenvalue weighted by Gasteiger charge is -2.13. The number of nitrogens with zero attached hydrogens (tertiary/aromatic N) is 4. The normalized spacial score (nSPS) is 12.0. The Labute approximate surface area is 226 Å². The molecule has 0 N–H and O–H groups in total. The lowest BCUT2D eigenvalue weighted by atomic mass is 10.1. The third-order valence-electron chi connectivity index (χ3n) is 6.59. The Kier molecular flexibility index (Phi) is 6.43. The molecule has 6 rings (SSSR count). The fourth-order valence-electron chi connectivity index (χ4n) is 4.52. The van der Waals surface area contributed by atoms with Crippen LogP contribution >= 0.6 is 0 Å². The molecule has 0 aliphatic heterocycles. The topological polar surface area (TPSA) is 60.7 Å². The number of aromatic nitrogens is 4. The molecule has 0 saturated carbocycles. The van der Waals surface area contributed by atoms with E-state index >= 15 is 0 Å². The lowest BCUT2D eigenvalue weighted by molar-refractivity contribution is -0.137. The van der Waals surface area contributed by atoms with E-state index in [1.165, 1.54) is 16.7 Å². The van der Waals surface area contributed by atoms with Gasteiger partial charge in [0.05, 0.1) is 39.4 Å². The average molecular weight is 535 g/mol. The van der Waals surface area contributed by atoms with Crippen LogP contribution in [0.15, 0.2) is 114 Å². The number of rotatable bonds is 5. The Morgan fingerprint density at radius 1 is 0.725 bits per heavy atom. The van der Waals surface area contributed by atoms with Gasteiger partial charge in [-0.25, -0.2) is 9.97 Å². The molecule has 0 amide bonds. The van der Waals surface area contributed by atoms with Crippen LogP contribution < -0.4 is 5.56 Å². The molecule has 0 aliphatic carbocycles. The van der Waals surface area contributed by atoms with Gasteiger partial charge in [-0.3, -0.25) is 14.3 Å². The maximum Gasteiger partial charge on any atom is 0.416 e. The summed E-state index contributed by atoms with van der Waals surface area (Å²) < 4.78 is 40.8. The van der Waals surface area contributed by atoms with Crippen LogP contribution in [-0.4, -0.2) is 19.5 Å². The van der Waals surface area contributed by atoms with Crippen molar-refractivity contribution < 1.29 is 13.2 Å². The number of allylic oxidation sites excluding steroid dienone is 1. The first-order chi connectivity index (χ1) is 19.4. The van der Waals surface area contributed by atoms with Crippen molar-refractivity contribution in [2.75, 3.05) is 0 Å². The van der Waals surface area contributed by atoms with Gasteiger partial charge in [0.2, 0.25) is 0 Å². The Bertz CT molecular complexity index is 1930. The van der Waals surface area contributed by atoms with E-state index in [-0.39, 0.29) is 12.1 Å². The molecule has 2 aromatic heterocycles. The van der Waals surface area contributed by atoms with Crippen molar-refractivity contribution in [3.63, 3.8) is 0 Å². The largest absolute Gasteiger partial charge is 0.416 e. The van der Waals surface area contributed by atoms with E-state index in [2.05, 4.69) is 15.0 Å². The number of halogens is 3. The van der Waals surface area contributed by atoms with Crippen LogP contribution in [0.4, 0.5) is 13.2 Å². The number of benzene rings is 4. The van der Waals surface area contributed by atoms with Crippen LogP contribution in [-0.2, 0) is 12.7 Å². The molecular weight excluding hydrogens is 513 g/mol. The molecule has 8 heteroatoms. The van der Waals surface area contributed by atoms with Crippen molar-refractivity contribution in [2.45, 2.75) is 12.7 Å². The average Bonchev–Trinajstić information content (AvgIpc) is 2.98. The summed E-state index contributed by atoms with van der Waals surface area (Å²) >= 11 is 0. The standard InChI is InChI=1S/C32H21F3N4O/c33-32(34,35)24-17-15-23(16-18-24)30-38-26-8-2-1-7-25(26)31(40)39(30)19-5-6-21-11-13-22(14-12-21)29-20-36-27-9-3-4-10-28(27)37-29/h1-18,20H,19H2/b6-5+. The molecule has 0 aliphatic rings. The van der Waals surface area contributed by atoms with Crippen LogP contribution in [0.5, 0.6) is 0 Å².